The molecular weight excluding hydrogens is 432 g/mol. The van der Waals surface area contributed by atoms with Gasteiger partial charge in [-0.3, -0.25) is 0 Å². The van der Waals surface area contributed by atoms with E-state index in [1.807, 2.05) is 12.2 Å². The van der Waals surface area contributed by atoms with Gasteiger partial charge in [0, 0.05) is 26.1 Å². The average molecular weight is 475 g/mol. The molecule has 188 valence electrons. The van der Waals surface area contributed by atoms with Crippen molar-refractivity contribution < 1.29 is 14.2 Å². The predicted octanol–water partition coefficient (Wildman–Crippen LogP) is 6.82. The molecule has 0 aliphatic carbocycles. The fraction of sp³-hybridized carbons (Fsp3) is 0.500. The standard InChI is InChI=1S/C32H42O3/c1-3-9-25-13-17-27(18-14-25)23-31-29(34-31)11-5-7-21-33-22-8-6-12-30-32(35-30)24-28-19-15-26(10-4-2)16-20-28/h3-4,13-20,29-32H,1-2,5-12,21-24H2. The second-order valence-corrected chi connectivity index (χ2v) is 10.1. The molecule has 2 saturated heterocycles. The van der Waals surface area contributed by atoms with Gasteiger partial charge in [0.1, 0.15) is 0 Å². The molecule has 4 atom stereocenters. The predicted molar refractivity (Wildman–Crippen MR) is 144 cm³/mol. The number of ether oxygens (including phenoxy) is 3. The van der Waals surface area contributed by atoms with Crippen molar-refractivity contribution in [2.75, 3.05) is 13.2 Å². The minimum Gasteiger partial charge on any atom is -0.381 e. The molecular formula is C32H42O3. The quantitative estimate of drug-likeness (QED) is 0.135. The van der Waals surface area contributed by atoms with Crippen LogP contribution in [0.2, 0.25) is 0 Å². The monoisotopic (exact) mass is 474 g/mol. The van der Waals surface area contributed by atoms with Crippen LogP contribution in [0.15, 0.2) is 73.8 Å². The molecule has 4 unspecified atom stereocenters. The third-order valence-corrected chi connectivity index (χ3v) is 7.11. The largest absolute Gasteiger partial charge is 0.381 e. The van der Waals surface area contributed by atoms with Crippen molar-refractivity contribution in [3.05, 3.63) is 96.1 Å². The number of unbranched alkanes of at least 4 members (excludes halogenated alkanes) is 2. The second-order valence-electron chi connectivity index (χ2n) is 10.1. The highest BCUT2D eigenvalue weighted by Gasteiger charge is 2.38. The van der Waals surface area contributed by atoms with Crippen LogP contribution in [0.3, 0.4) is 0 Å². The molecule has 4 rings (SSSR count). The Bertz CT molecular complexity index is 826. The molecule has 0 saturated carbocycles. The summed E-state index contributed by atoms with van der Waals surface area (Å²) in [4.78, 5) is 0. The molecule has 0 N–H and O–H groups in total. The highest BCUT2D eigenvalue weighted by molar-refractivity contribution is 5.26. The molecule has 2 heterocycles. The Morgan fingerprint density at radius 1 is 0.571 bits per heavy atom. The van der Waals surface area contributed by atoms with Crippen LogP contribution >= 0.6 is 0 Å². The van der Waals surface area contributed by atoms with E-state index < -0.39 is 0 Å². The highest BCUT2D eigenvalue weighted by atomic mass is 16.6. The van der Waals surface area contributed by atoms with E-state index in [9.17, 15) is 0 Å². The lowest BCUT2D eigenvalue weighted by molar-refractivity contribution is 0.125. The first-order chi connectivity index (χ1) is 17.2. The number of allylic oxidation sites excluding steroid dienone is 2. The van der Waals surface area contributed by atoms with Crippen LogP contribution in [-0.4, -0.2) is 37.6 Å². The van der Waals surface area contributed by atoms with Crippen molar-refractivity contribution in [1.29, 1.82) is 0 Å². The van der Waals surface area contributed by atoms with Crippen LogP contribution in [0.25, 0.3) is 0 Å². The lowest BCUT2D eigenvalue weighted by Gasteiger charge is -2.04. The van der Waals surface area contributed by atoms with E-state index in [0.717, 1.165) is 64.6 Å². The van der Waals surface area contributed by atoms with E-state index in [-0.39, 0.29) is 0 Å². The Labute approximate surface area is 212 Å². The van der Waals surface area contributed by atoms with E-state index >= 15 is 0 Å². The normalized spacial score (nSPS) is 22.6. The van der Waals surface area contributed by atoms with Gasteiger partial charge in [0.2, 0.25) is 0 Å². The molecule has 35 heavy (non-hydrogen) atoms. The van der Waals surface area contributed by atoms with Crippen molar-refractivity contribution in [3.63, 3.8) is 0 Å². The summed E-state index contributed by atoms with van der Waals surface area (Å²) in [5.74, 6) is 0. The van der Waals surface area contributed by atoms with Crippen molar-refractivity contribution >= 4 is 0 Å². The molecule has 0 bridgehead atoms. The maximum absolute atomic E-state index is 5.88. The summed E-state index contributed by atoms with van der Waals surface area (Å²) < 4.78 is 17.6. The van der Waals surface area contributed by atoms with Gasteiger partial charge in [0.25, 0.3) is 0 Å². The maximum atomic E-state index is 5.88. The first-order valence-corrected chi connectivity index (χ1v) is 13.5. The van der Waals surface area contributed by atoms with E-state index in [1.165, 1.54) is 35.1 Å². The van der Waals surface area contributed by atoms with Crippen LogP contribution in [0.1, 0.15) is 60.8 Å². The van der Waals surface area contributed by atoms with Crippen LogP contribution in [0, 0.1) is 0 Å². The van der Waals surface area contributed by atoms with Gasteiger partial charge in [0.05, 0.1) is 24.4 Å². The highest BCUT2D eigenvalue weighted by Crippen LogP contribution is 2.31. The zero-order chi connectivity index (χ0) is 24.3. The minimum absolute atomic E-state index is 0.409. The summed E-state index contributed by atoms with van der Waals surface area (Å²) in [5, 5.41) is 0. The van der Waals surface area contributed by atoms with Crippen LogP contribution in [0.5, 0.6) is 0 Å². The smallest absolute Gasteiger partial charge is 0.0882 e. The number of benzene rings is 2. The molecule has 2 fully saturated rings. The van der Waals surface area contributed by atoms with E-state index in [1.54, 1.807) is 0 Å². The third kappa shape index (κ3) is 9.07. The van der Waals surface area contributed by atoms with Crippen LogP contribution in [0.4, 0.5) is 0 Å². The Balaban J connectivity index is 0.943. The average Bonchev–Trinajstić information content (AvgIpc) is 3.79. The van der Waals surface area contributed by atoms with E-state index in [2.05, 4.69) is 61.7 Å². The number of hydrogen-bond donors (Lipinski definition) is 0. The summed E-state index contributed by atoms with van der Waals surface area (Å²) in [6, 6.07) is 17.7. The summed E-state index contributed by atoms with van der Waals surface area (Å²) in [7, 11) is 0. The minimum atomic E-state index is 0.409. The second kappa shape index (κ2) is 13.8. The van der Waals surface area contributed by atoms with Gasteiger partial charge in [-0.25, -0.2) is 0 Å². The SMILES string of the molecule is C=CCc1ccc(CC2OC2CCCCOCCCCC2OC2Cc2ccc(CC=C)cc2)cc1. The van der Waals surface area contributed by atoms with Crippen LogP contribution < -0.4 is 0 Å². The van der Waals surface area contributed by atoms with Crippen molar-refractivity contribution in [1.82, 2.24) is 0 Å². The van der Waals surface area contributed by atoms with Gasteiger partial charge in [0.15, 0.2) is 0 Å². The maximum Gasteiger partial charge on any atom is 0.0882 e. The summed E-state index contributed by atoms with van der Waals surface area (Å²) >= 11 is 0. The van der Waals surface area contributed by atoms with Crippen molar-refractivity contribution in [2.24, 2.45) is 0 Å². The Hall–Kier alpha value is -2.20. The lowest BCUT2D eigenvalue weighted by atomic mass is 10.0. The van der Waals surface area contributed by atoms with Gasteiger partial charge in [-0.1, -0.05) is 60.7 Å². The van der Waals surface area contributed by atoms with Crippen molar-refractivity contribution in [2.45, 2.75) is 88.6 Å². The van der Waals surface area contributed by atoms with Gasteiger partial charge in [-0.15, -0.1) is 13.2 Å². The molecule has 3 nitrogen and oxygen atoms in total. The topological polar surface area (TPSA) is 34.3 Å². The Kier molecular flexibility index (Phi) is 10.2. The van der Waals surface area contributed by atoms with Gasteiger partial charge in [-0.2, -0.15) is 0 Å². The summed E-state index contributed by atoms with van der Waals surface area (Å²) in [6.45, 7) is 9.33. The fourth-order valence-electron chi connectivity index (χ4n) is 4.85. The summed E-state index contributed by atoms with van der Waals surface area (Å²) in [5.41, 5.74) is 5.38. The number of epoxide rings is 2. The first-order valence-electron chi connectivity index (χ1n) is 13.5. The zero-order valence-corrected chi connectivity index (χ0v) is 21.2. The summed E-state index contributed by atoms with van der Waals surface area (Å²) in [6.07, 6.45) is 16.5. The lowest BCUT2D eigenvalue weighted by Crippen LogP contribution is -2.02. The zero-order valence-electron chi connectivity index (χ0n) is 21.2. The molecule has 2 aliphatic rings. The fourth-order valence-corrected chi connectivity index (χ4v) is 4.85. The number of hydrogen-bond acceptors (Lipinski definition) is 3. The molecule has 2 aromatic carbocycles. The van der Waals surface area contributed by atoms with Crippen LogP contribution in [-0.2, 0) is 39.9 Å². The first kappa shape index (κ1) is 25.9. The molecule has 0 spiro atoms. The molecule has 2 aromatic rings. The third-order valence-electron chi connectivity index (χ3n) is 7.11. The molecule has 0 aromatic heterocycles. The van der Waals surface area contributed by atoms with Gasteiger partial charge >= 0.3 is 0 Å². The molecule has 3 heteroatoms. The Morgan fingerprint density at radius 3 is 1.37 bits per heavy atom. The van der Waals surface area contributed by atoms with Crippen molar-refractivity contribution in [3.8, 4) is 0 Å². The molecule has 0 amide bonds. The Morgan fingerprint density at radius 2 is 0.971 bits per heavy atom. The molecule has 2 aliphatic heterocycles. The van der Waals surface area contributed by atoms with E-state index in [0.29, 0.717) is 24.4 Å². The van der Waals surface area contributed by atoms with Gasteiger partial charge in [-0.05, 0) is 73.6 Å². The number of rotatable bonds is 18. The van der Waals surface area contributed by atoms with Gasteiger partial charge < -0.3 is 14.2 Å². The van der Waals surface area contributed by atoms with E-state index in [4.69, 9.17) is 14.2 Å². The molecule has 0 radical (unpaired) electrons.